The van der Waals surface area contributed by atoms with Gasteiger partial charge in [-0.25, -0.2) is 9.37 Å². The Bertz CT molecular complexity index is 1770. The number of ether oxygens (including phenoxy) is 2. The molecule has 2 aromatic heterocycles. The lowest BCUT2D eigenvalue weighted by molar-refractivity contribution is -0.123. The lowest BCUT2D eigenvalue weighted by Crippen LogP contribution is -2.39. The first-order valence-corrected chi connectivity index (χ1v) is 14.5. The second-order valence-electron chi connectivity index (χ2n) is 11.5. The van der Waals surface area contributed by atoms with Gasteiger partial charge in [0.1, 0.15) is 35.0 Å². The largest absolute Gasteiger partial charge is 0.490 e. The van der Waals surface area contributed by atoms with Crippen LogP contribution in [0.4, 0.5) is 4.39 Å². The number of fused-ring (bicyclic) bond motifs is 1. The fraction of sp³-hybridized carbons (Fsp3) is 0.257. The Hall–Kier alpha value is -5.05. The summed E-state index contributed by atoms with van der Waals surface area (Å²) in [6.07, 6.45) is 5.67. The van der Waals surface area contributed by atoms with E-state index in [1.54, 1.807) is 43.5 Å². The predicted molar refractivity (Wildman–Crippen MR) is 165 cm³/mol. The molecule has 3 heterocycles. The molecule has 1 saturated carbocycles. The molecule has 1 aliphatic heterocycles. The number of benzene rings is 2. The molecule has 1 unspecified atom stereocenters. The van der Waals surface area contributed by atoms with E-state index in [-0.39, 0.29) is 31.0 Å². The third-order valence-electron chi connectivity index (χ3n) is 8.17. The number of hydrogen-bond donors (Lipinski definition) is 2. The van der Waals surface area contributed by atoms with Crippen LogP contribution < -0.4 is 20.5 Å². The molecule has 0 saturated heterocycles. The minimum Gasteiger partial charge on any atom is -0.490 e. The number of amides is 2. The van der Waals surface area contributed by atoms with Crippen LogP contribution in [0.2, 0.25) is 0 Å². The maximum absolute atomic E-state index is 13.7. The van der Waals surface area contributed by atoms with Crippen LogP contribution in [-0.2, 0) is 10.2 Å². The third-order valence-corrected chi connectivity index (χ3v) is 8.17. The minimum absolute atomic E-state index is 0.0618. The predicted octanol–water partition coefficient (Wildman–Crippen LogP) is 5.63. The topological polar surface area (TPSA) is 116 Å². The van der Waals surface area contributed by atoms with E-state index in [1.807, 2.05) is 31.2 Å². The van der Waals surface area contributed by atoms with Crippen molar-refractivity contribution < 1.29 is 23.5 Å². The van der Waals surface area contributed by atoms with Gasteiger partial charge < -0.3 is 20.5 Å². The van der Waals surface area contributed by atoms with Crippen LogP contribution >= 0.6 is 0 Å². The maximum Gasteiger partial charge on any atom is 0.251 e. The third kappa shape index (κ3) is 5.65. The molecule has 224 valence electrons. The van der Waals surface area contributed by atoms with Crippen molar-refractivity contribution in [1.82, 2.24) is 15.3 Å². The van der Waals surface area contributed by atoms with Crippen LogP contribution in [0.1, 0.15) is 53.0 Å². The molecular formula is C35H33FN4O4. The van der Waals surface area contributed by atoms with E-state index < -0.39 is 17.2 Å². The Labute approximate surface area is 255 Å². The van der Waals surface area contributed by atoms with E-state index in [1.165, 1.54) is 12.1 Å². The molecule has 6 rings (SSSR count). The molecule has 4 aromatic rings. The molecule has 1 fully saturated rings. The second kappa shape index (κ2) is 11.6. The highest BCUT2D eigenvalue weighted by molar-refractivity contribution is 5.96. The van der Waals surface area contributed by atoms with Gasteiger partial charge in [0.05, 0.1) is 11.8 Å². The number of nitrogens with two attached hydrogens (primary N) is 1. The zero-order chi connectivity index (χ0) is 31.0. The van der Waals surface area contributed by atoms with E-state index in [4.69, 9.17) is 20.2 Å². The summed E-state index contributed by atoms with van der Waals surface area (Å²) in [6.45, 7) is 7.88. The van der Waals surface area contributed by atoms with E-state index >= 15 is 0 Å². The fourth-order valence-corrected chi connectivity index (χ4v) is 5.29. The van der Waals surface area contributed by atoms with Crippen LogP contribution in [0.5, 0.6) is 11.5 Å². The Morgan fingerprint density at radius 3 is 2.61 bits per heavy atom. The Kier molecular flexibility index (Phi) is 7.63. The lowest BCUT2D eigenvalue weighted by atomic mass is 9.82. The van der Waals surface area contributed by atoms with Crippen molar-refractivity contribution in [2.24, 2.45) is 5.73 Å². The Morgan fingerprint density at radius 2 is 1.93 bits per heavy atom. The summed E-state index contributed by atoms with van der Waals surface area (Å²) in [7, 11) is 0. The number of primary amides is 1. The number of nitrogens with zero attached hydrogens (tertiary/aromatic N) is 2. The van der Waals surface area contributed by atoms with Crippen LogP contribution in [0.25, 0.3) is 22.4 Å². The van der Waals surface area contributed by atoms with Crippen molar-refractivity contribution >= 4 is 11.8 Å². The average Bonchev–Trinajstić information content (AvgIpc) is 3.77. The summed E-state index contributed by atoms with van der Waals surface area (Å²) >= 11 is 0. The molecule has 3 N–H and O–H groups in total. The van der Waals surface area contributed by atoms with Gasteiger partial charge in [-0.15, -0.1) is 6.58 Å². The maximum atomic E-state index is 13.7. The van der Waals surface area contributed by atoms with Gasteiger partial charge in [0, 0.05) is 46.6 Å². The van der Waals surface area contributed by atoms with Crippen molar-refractivity contribution in [3.63, 3.8) is 0 Å². The first kappa shape index (κ1) is 29.0. The van der Waals surface area contributed by atoms with Crippen LogP contribution in [-0.4, -0.2) is 41.0 Å². The number of carbonyl (C=O) groups is 2. The fourth-order valence-electron chi connectivity index (χ4n) is 5.29. The molecule has 44 heavy (non-hydrogen) atoms. The quantitative estimate of drug-likeness (QED) is 0.231. The minimum atomic E-state index is -1.08. The number of carbonyl (C=O) groups excluding carboxylic acids is 2. The van der Waals surface area contributed by atoms with Gasteiger partial charge in [-0.1, -0.05) is 6.08 Å². The highest BCUT2D eigenvalue weighted by Gasteiger charge is 2.44. The molecule has 1 aliphatic carbocycles. The molecule has 2 aliphatic rings. The molecule has 0 spiro atoms. The van der Waals surface area contributed by atoms with E-state index in [2.05, 4.69) is 16.9 Å². The van der Waals surface area contributed by atoms with Crippen molar-refractivity contribution in [1.29, 1.82) is 0 Å². The molecule has 0 radical (unpaired) electrons. The summed E-state index contributed by atoms with van der Waals surface area (Å²) in [5.74, 6) is -0.440. The average molecular weight is 593 g/mol. The molecule has 2 amide bonds. The smallest absolute Gasteiger partial charge is 0.251 e. The standard InChI is InChI=1S/C35H33FN4O4/c1-4-21(29-17-28-32(43-19-35(28,3)34(37)42)31(40-29)22-5-8-25(36)9-6-22)18-39-33(41)24-7-12-30(44-26-10-11-26)27(16-24)23-13-14-38-20(2)15-23/h4-9,12-17,21,26H,1,10-11,18-19H2,2-3H3,(H2,37,42)(H,39,41)/t21?,35-/m0/s1. The number of aryl methyl sites for hydroxylation is 1. The number of hydrogen-bond acceptors (Lipinski definition) is 6. The summed E-state index contributed by atoms with van der Waals surface area (Å²) in [6, 6.07) is 17.0. The number of rotatable bonds is 10. The summed E-state index contributed by atoms with van der Waals surface area (Å²) in [5.41, 5.74) is 10.0. The lowest BCUT2D eigenvalue weighted by Gasteiger charge is -2.21. The van der Waals surface area contributed by atoms with Crippen molar-refractivity contribution in [2.75, 3.05) is 13.2 Å². The highest BCUT2D eigenvalue weighted by atomic mass is 19.1. The zero-order valence-corrected chi connectivity index (χ0v) is 24.6. The summed E-state index contributed by atoms with van der Waals surface area (Å²) < 4.78 is 25.8. The number of nitrogens with one attached hydrogen (secondary N) is 1. The SMILES string of the molecule is C=CC(CNC(=O)c1ccc(OC2CC2)c(-c2ccnc(C)c2)c1)c1cc2c(c(-c3ccc(F)cc3)n1)OC[C@]2(C)C(N)=O. The number of pyridine rings is 2. The zero-order valence-electron chi connectivity index (χ0n) is 24.6. The monoisotopic (exact) mass is 592 g/mol. The van der Waals surface area contributed by atoms with Crippen LogP contribution in [0, 0.1) is 12.7 Å². The first-order valence-electron chi connectivity index (χ1n) is 14.5. The molecule has 8 nitrogen and oxygen atoms in total. The van der Waals surface area contributed by atoms with Gasteiger partial charge in [-0.05, 0) is 92.9 Å². The van der Waals surface area contributed by atoms with Crippen LogP contribution in [0.3, 0.4) is 0 Å². The first-order chi connectivity index (χ1) is 21.2. The molecule has 9 heteroatoms. The van der Waals surface area contributed by atoms with Crippen molar-refractivity contribution in [3.8, 4) is 33.9 Å². The van der Waals surface area contributed by atoms with E-state index in [0.29, 0.717) is 33.8 Å². The second-order valence-corrected chi connectivity index (χ2v) is 11.5. The summed E-state index contributed by atoms with van der Waals surface area (Å²) in [5, 5.41) is 3.01. The van der Waals surface area contributed by atoms with Crippen LogP contribution in [0.15, 0.2) is 79.5 Å². The molecule has 0 bridgehead atoms. The highest BCUT2D eigenvalue weighted by Crippen LogP contribution is 2.45. The number of aromatic nitrogens is 2. The van der Waals surface area contributed by atoms with E-state index in [0.717, 1.165) is 35.4 Å². The normalized spacial score (nSPS) is 17.7. The van der Waals surface area contributed by atoms with Gasteiger partial charge in [0.15, 0.2) is 0 Å². The molecule has 2 atom stereocenters. The molecule has 2 aromatic carbocycles. The van der Waals surface area contributed by atoms with Gasteiger partial charge in [0.25, 0.3) is 5.91 Å². The van der Waals surface area contributed by atoms with Gasteiger partial charge in [-0.3, -0.25) is 14.6 Å². The van der Waals surface area contributed by atoms with Gasteiger partial charge in [-0.2, -0.15) is 0 Å². The Balaban J connectivity index is 1.30. The van der Waals surface area contributed by atoms with Gasteiger partial charge >= 0.3 is 0 Å². The summed E-state index contributed by atoms with van der Waals surface area (Å²) in [4.78, 5) is 35.1. The van der Waals surface area contributed by atoms with Gasteiger partial charge in [0.2, 0.25) is 5.91 Å². The Morgan fingerprint density at radius 1 is 1.16 bits per heavy atom. The number of halogens is 1. The molecular weight excluding hydrogens is 559 g/mol. The van der Waals surface area contributed by atoms with Crippen molar-refractivity contribution in [2.45, 2.75) is 44.1 Å². The van der Waals surface area contributed by atoms with Crippen molar-refractivity contribution in [3.05, 3.63) is 108 Å². The van der Waals surface area contributed by atoms with E-state index in [9.17, 15) is 14.0 Å².